The molecule has 22 heavy (non-hydrogen) atoms. The van der Waals surface area contributed by atoms with E-state index >= 15 is 0 Å². The lowest BCUT2D eigenvalue weighted by atomic mass is 10.0. The molecule has 2 aliphatic rings. The Morgan fingerprint density at radius 1 is 1.41 bits per heavy atom. The third-order valence-corrected chi connectivity index (χ3v) is 4.65. The zero-order valence-electron chi connectivity index (χ0n) is 13.8. The van der Waals surface area contributed by atoms with Gasteiger partial charge in [0, 0.05) is 31.8 Å². The van der Waals surface area contributed by atoms with E-state index in [-0.39, 0.29) is 10.6 Å². The van der Waals surface area contributed by atoms with Crippen molar-refractivity contribution in [1.29, 1.82) is 0 Å². The largest absolute Gasteiger partial charge is 0.378 e. The molecule has 0 N–H and O–H groups in total. The molecule has 0 unspecified atom stereocenters. The Morgan fingerprint density at radius 3 is 2.50 bits per heavy atom. The molecule has 2 fully saturated rings. The number of likely N-dealkylation sites (tertiary alicyclic amines) is 1. The van der Waals surface area contributed by atoms with Gasteiger partial charge in [0.1, 0.15) is 0 Å². The normalized spacial score (nSPS) is 22.5. The van der Waals surface area contributed by atoms with Gasteiger partial charge in [-0.25, -0.2) is 0 Å². The van der Waals surface area contributed by atoms with Crippen LogP contribution in [0.25, 0.3) is 0 Å². The molecule has 0 aromatic carbocycles. The smallest absolute Gasteiger partial charge is 0.287 e. The number of nitro groups is 1. The van der Waals surface area contributed by atoms with Crippen LogP contribution in [0.5, 0.6) is 0 Å². The van der Waals surface area contributed by atoms with Crippen molar-refractivity contribution in [3.05, 3.63) is 33.7 Å². The summed E-state index contributed by atoms with van der Waals surface area (Å²) in [6.07, 6.45) is 6.51. The van der Waals surface area contributed by atoms with Crippen LogP contribution in [0.4, 0.5) is 0 Å². The van der Waals surface area contributed by atoms with Crippen molar-refractivity contribution in [2.45, 2.75) is 45.2 Å². The van der Waals surface area contributed by atoms with Crippen molar-refractivity contribution in [1.82, 2.24) is 9.80 Å². The predicted molar refractivity (Wildman–Crippen MR) is 86.1 cm³/mol. The van der Waals surface area contributed by atoms with E-state index in [0.717, 1.165) is 51.1 Å². The molecule has 0 bridgehead atoms. The van der Waals surface area contributed by atoms with Crippen molar-refractivity contribution in [2.24, 2.45) is 0 Å². The lowest BCUT2D eigenvalue weighted by molar-refractivity contribution is -0.421. The summed E-state index contributed by atoms with van der Waals surface area (Å²) in [4.78, 5) is 15.5. The average molecular weight is 309 g/mol. The first-order valence-corrected chi connectivity index (χ1v) is 8.10. The molecule has 6 nitrogen and oxygen atoms in total. The fraction of sp³-hybridized carbons (Fsp3) is 0.750. The minimum atomic E-state index is -0.279. The molecule has 0 spiro atoms. The summed E-state index contributed by atoms with van der Waals surface area (Å²) in [5, 5.41) is 11.3. The highest BCUT2D eigenvalue weighted by Gasteiger charge is 2.30. The Hall–Kier alpha value is -1.40. The number of ether oxygens (including phenoxy) is 1. The average Bonchev–Trinajstić information content (AvgIpc) is 2.43. The van der Waals surface area contributed by atoms with Crippen molar-refractivity contribution < 1.29 is 9.66 Å². The molecule has 0 amide bonds. The Kier molecular flexibility index (Phi) is 5.97. The summed E-state index contributed by atoms with van der Waals surface area (Å²) in [7, 11) is 1.95. The van der Waals surface area contributed by atoms with E-state index in [0.29, 0.717) is 12.1 Å². The number of rotatable bonds is 6. The van der Waals surface area contributed by atoms with Gasteiger partial charge in [0.2, 0.25) is 0 Å². The molecular weight excluding hydrogens is 282 g/mol. The van der Waals surface area contributed by atoms with Gasteiger partial charge in [-0.15, -0.1) is 0 Å². The van der Waals surface area contributed by atoms with Gasteiger partial charge in [0.15, 0.2) is 0 Å². The number of allylic oxidation sites excluding steroid dienone is 2. The van der Waals surface area contributed by atoms with Gasteiger partial charge in [0.25, 0.3) is 5.70 Å². The summed E-state index contributed by atoms with van der Waals surface area (Å²) in [5.74, 6) is 0. The molecule has 0 radical (unpaired) electrons. The third-order valence-electron chi connectivity index (χ3n) is 4.65. The fourth-order valence-electron chi connectivity index (χ4n) is 3.09. The van der Waals surface area contributed by atoms with Gasteiger partial charge >= 0.3 is 0 Å². The zero-order valence-corrected chi connectivity index (χ0v) is 13.8. The maximum absolute atomic E-state index is 11.3. The Morgan fingerprint density at radius 2 is 2.05 bits per heavy atom. The first kappa shape index (κ1) is 17.0. The van der Waals surface area contributed by atoms with Crippen molar-refractivity contribution >= 4 is 0 Å². The van der Waals surface area contributed by atoms with Gasteiger partial charge in [-0.05, 0) is 26.2 Å². The summed E-state index contributed by atoms with van der Waals surface area (Å²) >= 11 is 0. The van der Waals surface area contributed by atoms with Gasteiger partial charge in [-0.2, -0.15) is 0 Å². The Labute approximate surface area is 132 Å². The van der Waals surface area contributed by atoms with Crippen LogP contribution in [-0.2, 0) is 4.74 Å². The standard InChI is InChI=1S/C16H27N3O3/c1-4-5-13(2)16(19(20)21)10-17(3)14-6-8-18(9-7-14)15-11-22-12-15/h5,10,14-15H,4,6-9,11-12H2,1-3H3/b13-5+,16-10+. The van der Waals surface area contributed by atoms with Crippen molar-refractivity contribution in [2.75, 3.05) is 33.4 Å². The lowest BCUT2D eigenvalue weighted by Crippen LogP contribution is -2.53. The number of piperidine rings is 1. The predicted octanol–water partition coefficient (Wildman–Crippen LogP) is 2.26. The van der Waals surface area contributed by atoms with Crippen LogP contribution in [0, 0.1) is 10.1 Å². The van der Waals surface area contributed by atoms with Gasteiger partial charge in [-0.1, -0.05) is 13.0 Å². The molecule has 2 saturated heterocycles. The zero-order chi connectivity index (χ0) is 16.1. The first-order chi connectivity index (χ1) is 10.5. The SMILES string of the molecule is CC/C=C(C)/C(=C\N(C)C1CCN(C2COC2)CC1)[N+](=O)[O-]. The fourth-order valence-corrected chi connectivity index (χ4v) is 3.09. The molecular formula is C16H27N3O3. The number of hydrogen-bond acceptors (Lipinski definition) is 5. The second-order valence-corrected chi connectivity index (χ2v) is 6.19. The van der Waals surface area contributed by atoms with Crippen LogP contribution in [0.2, 0.25) is 0 Å². The van der Waals surface area contributed by atoms with Crippen LogP contribution in [0.1, 0.15) is 33.1 Å². The molecule has 2 aliphatic heterocycles. The second-order valence-electron chi connectivity index (χ2n) is 6.19. The Bertz CT molecular complexity index is 450. The van der Waals surface area contributed by atoms with Gasteiger partial charge in [0.05, 0.1) is 30.4 Å². The summed E-state index contributed by atoms with van der Waals surface area (Å²) in [5.41, 5.74) is 0.947. The third kappa shape index (κ3) is 4.08. The molecule has 0 aromatic heterocycles. The molecule has 0 atom stereocenters. The number of nitrogens with zero attached hydrogens (tertiary/aromatic N) is 3. The van der Waals surface area contributed by atoms with Crippen LogP contribution in [0.3, 0.4) is 0 Å². The van der Waals surface area contributed by atoms with E-state index in [4.69, 9.17) is 4.74 Å². The maximum atomic E-state index is 11.3. The van der Waals surface area contributed by atoms with Crippen LogP contribution >= 0.6 is 0 Å². The van der Waals surface area contributed by atoms with Crippen LogP contribution < -0.4 is 0 Å². The second kappa shape index (κ2) is 7.74. The van der Waals surface area contributed by atoms with E-state index in [9.17, 15) is 10.1 Å². The molecule has 0 aliphatic carbocycles. The van der Waals surface area contributed by atoms with Gasteiger partial charge < -0.3 is 9.64 Å². The highest BCUT2D eigenvalue weighted by Crippen LogP contribution is 2.22. The molecule has 2 rings (SSSR count). The summed E-state index contributed by atoms with van der Waals surface area (Å²) in [6, 6.07) is 0.965. The topological polar surface area (TPSA) is 58.8 Å². The summed E-state index contributed by atoms with van der Waals surface area (Å²) < 4.78 is 5.25. The minimum absolute atomic E-state index is 0.208. The molecule has 0 saturated carbocycles. The summed E-state index contributed by atoms with van der Waals surface area (Å²) in [6.45, 7) is 7.61. The van der Waals surface area contributed by atoms with Crippen molar-refractivity contribution in [3.63, 3.8) is 0 Å². The van der Waals surface area contributed by atoms with E-state index < -0.39 is 0 Å². The van der Waals surface area contributed by atoms with E-state index in [1.165, 1.54) is 0 Å². The number of hydrogen-bond donors (Lipinski definition) is 0. The van der Waals surface area contributed by atoms with Crippen molar-refractivity contribution in [3.8, 4) is 0 Å². The molecule has 0 aromatic rings. The lowest BCUT2D eigenvalue weighted by Gasteiger charge is -2.43. The maximum Gasteiger partial charge on any atom is 0.287 e. The van der Waals surface area contributed by atoms with Crippen LogP contribution in [0.15, 0.2) is 23.5 Å². The Balaban J connectivity index is 1.95. The molecule has 2 heterocycles. The van der Waals surface area contributed by atoms with E-state index in [1.807, 2.05) is 31.9 Å². The van der Waals surface area contributed by atoms with Crippen LogP contribution in [-0.4, -0.2) is 60.2 Å². The van der Waals surface area contributed by atoms with E-state index in [1.54, 1.807) is 6.20 Å². The first-order valence-electron chi connectivity index (χ1n) is 8.10. The monoisotopic (exact) mass is 309 g/mol. The minimum Gasteiger partial charge on any atom is -0.378 e. The highest BCUT2D eigenvalue weighted by atomic mass is 16.6. The van der Waals surface area contributed by atoms with Gasteiger partial charge in [-0.3, -0.25) is 15.0 Å². The molecule has 124 valence electrons. The quantitative estimate of drug-likeness (QED) is 0.428. The van der Waals surface area contributed by atoms with E-state index in [2.05, 4.69) is 4.90 Å². The molecule has 6 heteroatoms. The highest BCUT2D eigenvalue weighted by molar-refractivity contribution is 5.22.